The third kappa shape index (κ3) is 3.27. The molecule has 3 aliphatic heterocycles. The molecule has 2 N–H and O–H groups in total. The molecule has 0 aliphatic carbocycles. The highest BCUT2D eigenvalue weighted by atomic mass is 16.6. The molecule has 158 valence electrons. The number of nitrogens with zero attached hydrogens (tertiary/aromatic N) is 2. The lowest BCUT2D eigenvalue weighted by Gasteiger charge is -2.37. The van der Waals surface area contributed by atoms with Gasteiger partial charge in [0.25, 0.3) is 5.91 Å². The third-order valence-electron chi connectivity index (χ3n) is 6.53. The van der Waals surface area contributed by atoms with Crippen molar-refractivity contribution in [3.8, 4) is 17.0 Å². The number of fused-ring (bicyclic) bond motifs is 1. The molecule has 7 heteroatoms. The number of amides is 1. The lowest BCUT2D eigenvalue weighted by atomic mass is 9.85. The number of benzene rings is 1. The Kier molecular flexibility index (Phi) is 4.97. The first-order valence-electron chi connectivity index (χ1n) is 10.6. The number of hydrogen-bond acceptors (Lipinski definition) is 6. The van der Waals surface area contributed by atoms with Crippen LogP contribution in [0.1, 0.15) is 41.3 Å². The normalized spacial score (nSPS) is 24.7. The second kappa shape index (κ2) is 7.65. The van der Waals surface area contributed by atoms with Crippen LogP contribution in [0.2, 0.25) is 0 Å². The standard InChI is InChI=1S/C23H27N3O4/c1-29-21-18-12-19(25-13-20(18)30-23(21)7-9-24-10-8-23)15-2-4-16(5-3-15)22(28)26-11-6-17(27)14-26/h2-5,12-13,17,21,24,27H,6-11,14H2,1H3/t17-,21?/m1/s1. The topological polar surface area (TPSA) is 83.9 Å². The van der Waals surface area contributed by atoms with E-state index in [1.54, 1.807) is 18.2 Å². The maximum atomic E-state index is 12.6. The number of methoxy groups -OCH3 is 1. The van der Waals surface area contributed by atoms with Crippen LogP contribution in [0.5, 0.6) is 5.75 Å². The van der Waals surface area contributed by atoms with E-state index in [1.807, 2.05) is 30.3 Å². The van der Waals surface area contributed by atoms with Crippen molar-refractivity contribution >= 4 is 5.91 Å². The van der Waals surface area contributed by atoms with E-state index in [4.69, 9.17) is 9.47 Å². The van der Waals surface area contributed by atoms with E-state index in [0.29, 0.717) is 25.1 Å². The van der Waals surface area contributed by atoms with Gasteiger partial charge < -0.3 is 24.8 Å². The fraction of sp³-hybridized carbons (Fsp3) is 0.478. The van der Waals surface area contributed by atoms with Crippen LogP contribution in [0.3, 0.4) is 0 Å². The molecule has 4 heterocycles. The van der Waals surface area contributed by atoms with Crippen molar-refractivity contribution in [2.75, 3.05) is 33.3 Å². The van der Waals surface area contributed by atoms with E-state index in [9.17, 15) is 9.90 Å². The van der Waals surface area contributed by atoms with Crippen LogP contribution in [0.4, 0.5) is 0 Å². The molecular formula is C23H27N3O4. The van der Waals surface area contributed by atoms with Gasteiger partial charge in [0.1, 0.15) is 17.5 Å². The van der Waals surface area contributed by atoms with Gasteiger partial charge in [-0.2, -0.15) is 0 Å². The van der Waals surface area contributed by atoms with Crippen LogP contribution in [-0.2, 0) is 4.74 Å². The van der Waals surface area contributed by atoms with Crippen LogP contribution in [0.15, 0.2) is 36.5 Å². The van der Waals surface area contributed by atoms with Crippen molar-refractivity contribution in [2.45, 2.75) is 37.1 Å². The number of carbonyl (C=O) groups is 1. The molecule has 5 rings (SSSR count). The van der Waals surface area contributed by atoms with Gasteiger partial charge in [-0.05, 0) is 37.7 Å². The first-order chi connectivity index (χ1) is 14.6. The molecule has 30 heavy (non-hydrogen) atoms. The summed E-state index contributed by atoms with van der Waals surface area (Å²) < 4.78 is 12.2. The van der Waals surface area contributed by atoms with Crippen molar-refractivity contribution in [3.05, 3.63) is 47.7 Å². The number of aliphatic hydroxyl groups is 1. The number of ether oxygens (including phenoxy) is 2. The molecular weight excluding hydrogens is 382 g/mol. The highest BCUT2D eigenvalue weighted by Crippen LogP contribution is 2.49. The predicted molar refractivity (Wildman–Crippen MR) is 111 cm³/mol. The molecule has 1 unspecified atom stereocenters. The molecule has 0 saturated carbocycles. The van der Waals surface area contributed by atoms with Crippen LogP contribution in [0, 0.1) is 0 Å². The molecule has 1 aromatic carbocycles. The van der Waals surface area contributed by atoms with E-state index < -0.39 is 6.10 Å². The summed E-state index contributed by atoms with van der Waals surface area (Å²) in [5, 5.41) is 13.1. The number of pyridine rings is 1. The van der Waals surface area contributed by atoms with Crippen molar-refractivity contribution in [1.82, 2.24) is 15.2 Å². The minimum atomic E-state index is -0.414. The fourth-order valence-corrected chi connectivity index (χ4v) is 4.91. The molecule has 1 spiro atoms. The fourth-order valence-electron chi connectivity index (χ4n) is 4.91. The zero-order valence-electron chi connectivity index (χ0n) is 17.1. The number of β-amino-alcohol motifs (C(OH)–C–C–N with tert-alkyl or cyclic N) is 1. The summed E-state index contributed by atoms with van der Waals surface area (Å²) in [5.41, 5.74) is 3.12. The number of aliphatic hydroxyl groups excluding tert-OH is 1. The number of hydrogen-bond donors (Lipinski definition) is 2. The summed E-state index contributed by atoms with van der Waals surface area (Å²) in [6.45, 7) is 2.84. The first-order valence-corrected chi connectivity index (χ1v) is 10.6. The Morgan fingerprint density at radius 1 is 1.30 bits per heavy atom. The van der Waals surface area contributed by atoms with E-state index >= 15 is 0 Å². The highest BCUT2D eigenvalue weighted by molar-refractivity contribution is 5.94. The molecule has 3 aliphatic rings. The summed E-state index contributed by atoms with van der Waals surface area (Å²) in [6.07, 6.45) is 3.71. The van der Waals surface area contributed by atoms with Gasteiger partial charge in [-0.3, -0.25) is 9.78 Å². The Morgan fingerprint density at radius 3 is 2.73 bits per heavy atom. The summed E-state index contributed by atoms with van der Waals surface area (Å²) >= 11 is 0. The Morgan fingerprint density at radius 2 is 2.07 bits per heavy atom. The monoisotopic (exact) mass is 409 g/mol. The van der Waals surface area contributed by atoms with Gasteiger partial charge in [-0.1, -0.05) is 12.1 Å². The van der Waals surface area contributed by atoms with E-state index in [-0.39, 0.29) is 17.6 Å². The van der Waals surface area contributed by atoms with Crippen LogP contribution >= 0.6 is 0 Å². The van der Waals surface area contributed by atoms with Crippen LogP contribution in [-0.4, -0.2) is 65.9 Å². The lowest BCUT2D eigenvalue weighted by molar-refractivity contribution is -0.0690. The van der Waals surface area contributed by atoms with E-state index in [2.05, 4.69) is 10.3 Å². The van der Waals surface area contributed by atoms with Crippen molar-refractivity contribution in [1.29, 1.82) is 0 Å². The number of nitrogens with one attached hydrogen (secondary N) is 1. The van der Waals surface area contributed by atoms with E-state index in [1.165, 1.54) is 0 Å². The Hall–Kier alpha value is -2.48. The second-order valence-corrected chi connectivity index (χ2v) is 8.41. The molecule has 2 fully saturated rings. The number of carbonyl (C=O) groups excluding carboxylic acids is 1. The van der Waals surface area contributed by atoms with Gasteiger partial charge in [0.15, 0.2) is 0 Å². The second-order valence-electron chi connectivity index (χ2n) is 8.41. The van der Waals surface area contributed by atoms with Crippen molar-refractivity contribution in [3.63, 3.8) is 0 Å². The number of aromatic nitrogens is 1. The maximum Gasteiger partial charge on any atom is 0.253 e. The van der Waals surface area contributed by atoms with Crippen molar-refractivity contribution in [2.24, 2.45) is 0 Å². The molecule has 1 amide bonds. The van der Waals surface area contributed by atoms with Crippen LogP contribution < -0.4 is 10.1 Å². The smallest absolute Gasteiger partial charge is 0.253 e. The highest BCUT2D eigenvalue weighted by Gasteiger charge is 2.49. The SMILES string of the molecule is COC1c2cc(-c3ccc(C(=O)N4CC[C@@H](O)C4)cc3)ncc2OC12CCNCC2. The molecule has 2 aromatic rings. The van der Waals surface area contributed by atoms with Gasteiger partial charge >= 0.3 is 0 Å². The molecule has 2 saturated heterocycles. The predicted octanol–water partition coefficient (Wildman–Crippen LogP) is 2.16. The molecule has 0 radical (unpaired) electrons. The Labute approximate surface area is 176 Å². The zero-order valence-corrected chi connectivity index (χ0v) is 17.1. The number of rotatable bonds is 3. The summed E-state index contributed by atoms with van der Waals surface area (Å²) in [5.74, 6) is 0.757. The average molecular weight is 409 g/mol. The lowest BCUT2D eigenvalue weighted by Crippen LogP contribution is -2.48. The minimum Gasteiger partial charge on any atom is -0.482 e. The molecule has 1 aromatic heterocycles. The largest absolute Gasteiger partial charge is 0.482 e. The summed E-state index contributed by atoms with van der Waals surface area (Å²) in [6, 6.07) is 9.55. The summed E-state index contributed by atoms with van der Waals surface area (Å²) in [4.78, 5) is 18.9. The number of likely N-dealkylation sites (tertiary alicyclic amines) is 1. The van der Waals surface area contributed by atoms with Gasteiger partial charge in [-0.15, -0.1) is 0 Å². The molecule has 7 nitrogen and oxygen atoms in total. The van der Waals surface area contributed by atoms with Crippen molar-refractivity contribution < 1.29 is 19.4 Å². The first kappa shape index (κ1) is 19.5. The Balaban J connectivity index is 1.39. The average Bonchev–Trinajstić information content (AvgIpc) is 3.34. The van der Waals surface area contributed by atoms with Gasteiger partial charge in [0.05, 0.1) is 18.0 Å². The number of piperidine rings is 1. The van der Waals surface area contributed by atoms with Gasteiger partial charge in [0.2, 0.25) is 0 Å². The molecule has 0 bridgehead atoms. The van der Waals surface area contributed by atoms with Crippen LogP contribution in [0.25, 0.3) is 11.3 Å². The molecule has 2 atom stereocenters. The van der Waals surface area contributed by atoms with E-state index in [0.717, 1.165) is 48.5 Å². The Bertz CT molecular complexity index is 940. The summed E-state index contributed by atoms with van der Waals surface area (Å²) in [7, 11) is 1.74. The maximum absolute atomic E-state index is 12.6. The van der Waals surface area contributed by atoms with Gasteiger partial charge in [0, 0.05) is 49.7 Å². The third-order valence-corrected chi connectivity index (χ3v) is 6.53. The van der Waals surface area contributed by atoms with Gasteiger partial charge in [-0.25, -0.2) is 0 Å². The minimum absolute atomic E-state index is 0.0410. The quantitative estimate of drug-likeness (QED) is 0.808. The zero-order chi connectivity index (χ0) is 20.7.